The van der Waals surface area contributed by atoms with Crippen LogP contribution in [0, 0.1) is 0 Å². The molecule has 2 amide bonds. The molecule has 4 aromatic carbocycles. The predicted octanol–water partition coefficient (Wildman–Crippen LogP) is 4.67. The molecule has 0 aliphatic carbocycles. The normalized spacial score (nSPS) is 11.8. The second kappa shape index (κ2) is 14.3. The maximum atomic E-state index is 14.3. The van der Waals surface area contributed by atoms with E-state index in [9.17, 15) is 18.0 Å². The number of anilines is 1. The SMILES string of the molecule is CCNC(=O)[C@@H](Cc1ccccc1)N(Cc1cccc(OC)c1)C(=O)CN(c1ccccc1)S(=O)(=O)c1ccccc1. The minimum Gasteiger partial charge on any atom is -0.497 e. The molecule has 0 spiro atoms. The van der Waals surface area contributed by atoms with Crippen LogP contribution in [0.4, 0.5) is 5.69 Å². The van der Waals surface area contributed by atoms with Crippen molar-refractivity contribution in [3.05, 3.63) is 126 Å². The molecule has 0 heterocycles. The van der Waals surface area contributed by atoms with Crippen molar-refractivity contribution in [3.63, 3.8) is 0 Å². The van der Waals surface area contributed by atoms with Crippen LogP contribution in [0.1, 0.15) is 18.1 Å². The van der Waals surface area contributed by atoms with Gasteiger partial charge >= 0.3 is 0 Å². The molecule has 42 heavy (non-hydrogen) atoms. The lowest BCUT2D eigenvalue weighted by atomic mass is 10.0. The molecule has 8 nitrogen and oxygen atoms in total. The second-order valence-corrected chi connectivity index (χ2v) is 11.5. The van der Waals surface area contributed by atoms with E-state index in [1.165, 1.54) is 17.0 Å². The van der Waals surface area contributed by atoms with Crippen LogP contribution in [0.15, 0.2) is 120 Å². The average molecular weight is 586 g/mol. The van der Waals surface area contributed by atoms with Crippen molar-refractivity contribution in [2.75, 3.05) is 24.5 Å². The number of carbonyl (C=O) groups excluding carboxylic acids is 2. The van der Waals surface area contributed by atoms with Gasteiger partial charge in [0.15, 0.2) is 0 Å². The monoisotopic (exact) mass is 585 g/mol. The van der Waals surface area contributed by atoms with E-state index >= 15 is 0 Å². The molecule has 0 aromatic heterocycles. The van der Waals surface area contributed by atoms with Gasteiger partial charge in [0.2, 0.25) is 11.8 Å². The van der Waals surface area contributed by atoms with Crippen molar-refractivity contribution in [1.82, 2.24) is 10.2 Å². The predicted molar refractivity (Wildman–Crippen MR) is 164 cm³/mol. The number of para-hydroxylation sites is 1. The summed E-state index contributed by atoms with van der Waals surface area (Å²) in [5.41, 5.74) is 1.95. The molecule has 0 bridgehead atoms. The Hall–Kier alpha value is -4.63. The molecular formula is C33H35N3O5S. The minimum absolute atomic E-state index is 0.0607. The fourth-order valence-electron chi connectivity index (χ4n) is 4.66. The zero-order valence-electron chi connectivity index (χ0n) is 23.7. The van der Waals surface area contributed by atoms with Crippen LogP contribution < -0.4 is 14.4 Å². The Kier molecular flexibility index (Phi) is 10.3. The van der Waals surface area contributed by atoms with E-state index in [0.29, 0.717) is 18.0 Å². The van der Waals surface area contributed by atoms with Crippen LogP contribution in [-0.4, -0.2) is 51.4 Å². The number of sulfonamides is 1. The van der Waals surface area contributed by atoms with E-state index in [4.69, 9.17) is 4.74 Å². The topological polar surface area (TPSA) is 96.0 Å². The van der Waals surface area contributed by atoms with Gasteiger partial charge < -0.3 is 15.0 Å². The van der Waals surface area contributed by atoms with Gasteiger partial charge in [0.05, 0.1) is 17.7 Å². The fraction of sp³-hybridized carbons (Fsp3) is 0.212. The summed E-state index contributed by atoms with van der Waals surface area (Å²) in [6.07, 6.45) is 0.249. The molecule has 9 heteroatoms. The van der Waals surface area contributed by atoms with Gasteiger partial charge in [-0.2, -0.15) is 0 Å². The number of amides is 2. The van der Waals surface area contributed by atoms with Crippen LogP contribution >= 0.6 is 0 Å². The van der Waals surface area contributed by atoms with Crippen molar-refractivity contribution in [2.24, 2.45) is 0 Å². The largest absolute Gasteiger partial charge is 0.497 e. The Balaban J connectivity index is 1.78. The molecule has 0 unspecified atom stereocenters. The minimum atomic E-state index is -4.12. The number of nitrogens with one attached hydrogen (secondary N) is 1. The summed E-state index contributed by atoms with van der Waals surface area (Å²) in [5.74, 6) is -0.238. The van der Waals surface area contributed by atoms with Crippen LogP contribution in [0.5, 0.6) is 5.75 Å². The highest BCUT2D eigenvalue weighted by Gasteiger charge is 2.34. The number of ether oxygens (including phenoxy) is 1. The van der Waals surface area contributed by atoms with Crippen molar-refractivity contribution in [2.45, 2.75) is 30.8 Å². The number of hydrogen-bond acceptors (Lipinski definition) is 5. The Morgan fingerprint density at radius 2 is 1.40 bits per heavy atom. The molecule has 0 aliphatic heterocycles. The highest BCUT2D eigenvalue weighted by atomic mass is 32.2. The first-order valence-corrected chi connectivity index (χ1v) is 15.1. The van der Waals surface area contributed by atoms with E-state index in [2.05, 4.69) is 5.32 Å². The van der Waals surface area contributed by atoms with Gasteiger partial charge in [-0.25, -0.2) is 8.42 Å². The third kappa shape index (κ3) is 7.55. The van der Waals surface area contributed by atoms with E-state index in [-0.39, 0.29) is 23.8 Å². The first kappa shape index (κ1) is 30.3. The smallest absolute Gasteiger partial charge is 0.264 e. The van der Waals surface area contributed by atoms with E-state index in [1.807, 2.05) is 49.4 Å². The van der Waals surface area contributed by atoms with Gasteiger partial charge in [0.1, 0.15) is 18.3 Å². The molecule has 1 atom stereocenters. The number of benzene rings is 4. The van der Waals surface area contributed by atoms with E-state index in [0.717, 1.165) is 15.4 Å². The second-order valence-electron chi connectivity index (χ2n) is 9.63. The number of carbonyl (C=O) groups is 2. The van der Waals surface area contributed by atoms with Crippen LogP contribution in [0.25, 0.3) is 0 Å². The zero-order valence-corrected chi connectivity index (χ0v) is 24.5. The van der Waals surface area contributed by atoms with Crippen molar-refractivity contribution >= 4 is 27.5 Å². The molecule has 4 aromatic rings. The summed E-state index contributed by atoms with van der Waals surface area (Å²) in [6.45, 7) is 1.76. The molecule has 218 valence electrons. The van der Waals surface area contributed by atoms with Gasteiger partial charge in [0, 0.05) is 19.5 Å². The Morgan fingerprint density at radius 1 is 0.810 bits per heavy atom. The van der Waals surface area contributed by atoms with Gasteiger partial charge in [-0.3, -0.25) is 13.9 Å². The summed E-state index contributed by atoms with van der Waals surface area (Å²) < 4.78 is 34.3. The average Bonchev–Trinajstić information content (AvgIpc) is 3.03. The molecule has 0 saturated heterocycles. The first-order valence-electron chi connectivity index (χ1n) is 13.7. The Bertz CT molecular complexity index is 1570. The van der Waals surface area contributed by atoms with Crippen LogP contribution in [0.3, 0.4) is 0 Å². The molecule has 0 radical (unpaired) electrons. The van der Waals surface area contributed by atoms with E-state index in [1.54, 1.807) is 67.8 Å². The molecule has 4 rings (SSSR count). The van der Waals surface area contributed by atoms with E-state index < -0.39 is 28.5 Å². The maximum absolute atomic E-state index is 14.3. The van der Waals surface area contributed by atoms with Gasteiger partial charge in [-0.1, -0.05) is 78.9 Å². The first-order chi connectivity index (χ1) is 20.3. The summed E-state index contributed by atoms with van der Waals surface area (Å²) in [5, 5.41) is 2.86. The fourth-order valence-corrected chi connectivity index (χ4v) is 6.09. The summed E-state index contributed by atoms with van der Waals surface area (Å²) >= 11 is 0. The van der Waals surface area contributed by atoms with Gasteiger partial charge in [0.25, 0.3) is 10.0 Å². The zero-order chi connectivity index (χ0) is 30.0. The number of nitrogens with zero attached hydrogens (tertiary/aromatic N) is 2. The number of rotatable bonds is 13. The third-order valence-electron chi connectivity index (χ3n) is 6.76. The van der Waals surface area contributed by atoms with Crippen LogP contribution in [-0.2, 0) is 32.6 Å². The number of hydrogen-bond donors (Lipinski definition) is 1. The lowest BCUT2D eigenvalue weighted by molar-refractivity contribution is -0.140. The summed E-state index contributed by atoms with van der Waals surface area (Å²) in [4.78, 5) is 29.4. The number of likely N-dealkylation sites (N-methyl/N-ethyl adjacent to an activating group) is 1. The van der Waals surface area contributed by atoms with Crippen molar-refractivity contribution in [3.8, 4) is 5.75 Å². The van der Waals surface area contributed by atoms with Crippen molar-refractivity contribution < 1.29 is 22.7 Å². The Labute approximate surface area is 247 Å². The van der Waals surface area contributed by atoms with Crippen LogP contribution in [0.2, 0.25) is 0 Å². The van der Waals surface area contributed by atoms with Crippen molar-refractivity contribution in [1.29, 1.82) is 0 Å². The Morgan fingerprint density at radius 3 is 2.02 bits per heavy atom. The number of methoxy groups -OCH3 is 1. The highest BCUT2D eigenvalue weighted by molar-refractivity contribution is 7.92. The molecular weight excluding hydrogens is 550 g/mol. The lowest BCUT2D eigenvalue weighted by Gasteiger charge is -2.33. The van der Waals surface area contributed by atoms with Gasteiger partial charge in [-0.15, -0.1) is 0 Å². The van der Waals surface area contributed by atoms with Gasteiger partial charge in [-0.05, 0) is 54.4 Å². The summed E-state index contributed by atoms with van der Waals surface area (Å²) in [6, 6.07) is 32.3. The maximum Gasteiger partial charge on any atom is 0.264 e. The lowest BCUT2D eigenvalue weighted by Crippen LogP contribution is -2.53. The summed E-state index contributed by atoms with van der Waals surface area (Å²) in [7, 11) is -2.56. The third-order valence-corrected chi connectivity index (χ3v) is 8.55. The standard InChI is InChI=1S/C33H35N3O5S/c1-3-34-33(38)31(23-26-14-7-4-8-15-26)35(24-27-16-13-19-29(22-27)41-2)32(37)25-36(28-17-9-5-10-18-28)42(39,40)30-20-11-6-12-21-30/h4-22,31H,3,23-25H2,1-2H3,(H,34,38)/t31-/m1/s1. The molecule has 0 saturated carbocycles. The molecule has 0 fully saturated rings. The molecule has 0 aliphatic rings. The molecule has 1 N–H and O–H groups in total. The highest BCUT2D eigenvalue weighted by Crippen LogP contribution is 2.25. The quantitative estimate of drug-likeness (QED) is 0.246.